The lowest BCUT2D eigenvalue weighted by molar-refractivity contribution is 1.06. The minimum atomic E-state index is 1.11. The predicted octanol–water partition coefficient (Wildman–Crippen LogP) is 3.23. The van der Waals surface area contributed by atoms with Gasteiger partial charge in [-0.15, -0.1) is 0 Å². The van der Waals surface area contributed by atoms with E-state index in [0.29, 0.717) is 0 Å². The van der Waals surface area contributed by atoms with Crippen molar-refractivity contribution in [3.63, 3.8) is 0 Å². The molecule has 0 amide bonds. The quantitative estimate of drug-likeness (QED) is 0.477. The second kappa shape index (κ2) is 2.45. The lowest BCUT2D eigenvalue weighted by Crippen LogP contribution is -1.82. The molecule has 0 atom stereocenters. The van der Waals surface area contributed by atoms with Crippen molar-refractivity contribution >= 4 is 0 Å². The van der Waals surface area contributed by atoms with Gasteiger partial charge in [0.15, 0.2) is 0 Å². The Morgan fingerprint density at radius 1 is 1.10 bits per heavy atom. The van der Waals surface area contributed by atoms with E-state index in [1.165, 1.54) is 22.3 Å². The maximum absolute atomic E-state index is 3.99. The van der Waals surface area contributed by atoms with Crippen molar-refractivity contribution in [3.05, 3.63) is 35.5 Å². The lowest BCUT2D eigenvalue weighted by Gasteiger charge is -2.01. The molecule has 0 N–H and O–H groups in total. The summed E-state index contributed by atoms with van der Waals surface area (Å²) in [5, 5.41) is 0. The molecule has 0 aliphatic heterocycles. The Hall–Kier alpha value is -0.780. The molecule has 10 heavy (non-hydrogen) atoms. The number of hydrogen-bond acceptors (Lipinski definition) is 0. The normalized spacial score (nSPS) is 18.4. The summed E-state index contributed by atoms with van der Waals surface area (Å²) < 4.78 is 0. The standard InChI is InChI=1S/C10H14/c1-7(2)10-8(3)5-6-9(10)4/h3-6H2,1-2H3. The lowest BCUT2D eigenvalue weighted by atomic mass is 10.0. The fraction of sp³-hybridized carbons (Fsp3) is 0.400. The highest BCUT2D eigenvalue weighted by Crippen LogP contribution is 2.34. The Morgan fingerprint density at radius 2 is 1.50 bits per heavy atom. The topological polar surface area (TPSA) is 0 Å². The number of allylic oxidation sites excluding steroid dienone is 4. The molecule has 0 aromatic heterocycles. The van der Waals surface area contributed by atoms with E-state index >= 15 is 0 Å². The fourth-order valence-corrected chi connectivity index (χ4v) is 1.51. The molecule has 0 radical (unpaired) electrons. The van der Waals surface area contributed by atoms with Crippen LogP contribution in [0.2, 0.25) is 0 Å². The van der Waals surface area contributed by atoms with Gasteiger partial charge < -0.3 is 0 Å². The third-order valence-corrected chi connectivity index (χ3v) is 1.94. The molecule has 1 rings (SSSR count). The highest BCUT2D eigenvalue weighted by atomic mass is 14.2. The highest BCUT2D eigenvalue weighted by molar-refractivity contribution is 5.51. The van der Waals surface area contributed by atoms with Crippen LogP contribution in [0.15, 0.2) is 35.5 Å². The number of hydrogen-bond donors (Lipinski definition) is 0. The summed E-state index contributed by atoms with van der Waals surface area (Å²) in [7, 11) is 0. The molecule has 1 aliphatic rings. The van der Waals surface area contributed by atoms with Crippen LogP contribution in [0.25, 0.3) is 0 Å². The van der Waals surface area contributed by atoms with Crippen LogP contribution >= 0.6 is 0 Å². The molecule has 0 spiro atoms. The van der Waals surface area contributed by atoms with Crippen molar-refractivity contribution in [1.82, 2.24) is 0 Å². The molecule has 0 nitrogen and oxygen atoms in total. The molecule has 0 aromatic carbocycles. The van der Waals surface area contributed by atoms with Crippen LogP contribution in [0.4, 0.5) is 0 Å². The first-order valence-electron chi connectivity index (χ1n) is 3.66. The minimum Gasteiger partial charge on any atom is -0.0952 e. The van der Waals surface area contributed by atoms with Crippen molar-refractivity contribution < 1.29 is 0 Å². The largest absolute Gasteiger partial charge is 0.0952 e. The third kappa shape index (κ3) is 1.06. The highest BCUT2D eigenvalue weighted by Gasteiger charge is 2.15. The van der Waals surface area contributed by atoms with E-state index in [9.17, 15) is 0 Å². The van der Waals surface area contributed by atoms with Crippen LogP contribution < -0.4 is 0 Å². The van der Waals surface area contributed by atoms with Crippen molar-refractivity contribution in [2.45, 2.75) is 26.7 Å². The van der Waals surface area contributed by atoms with Crippen LogP contribution in [0, 0.1) is 0 Å². The number of rotatable bonds is 0. The van der Waals surface area contributed by atoms with E-state index in [4.69, 9.17) is 0 Å². The summed E-state index contributed by atoms with van der Waals surface area (Å²) in [4.78, 5) is 0. The van der Waals surface area contributed by atoms with E-state index in [1.54, 1.807) is 0 Å². The monoisotopic (exact) mass is 134 g/mol. The molecular weight excluding hydrogens is 120 g/mol. The van der Waals surface area contributed by atoms with E-state index < -0.39 is 0 Å². The first kappa shape index (κ1) is 7.33. The van der Waals surface area contributed by atoms with Crippen LogP contribution in [0.5, 0.6) is 0 Å². The molecular formula is C10H14. The molecule has 0 heterocycles. The molecule has 0 heteroatoms. The summed E-state index contributed by atoms with van der Waals surface area (Å²) in [5.74, 6) is 0. The van der Waals surface area contributed by atoms with E-state index in [2.05, 4.69) is 27.0 Å². The SMILES string of the molecule is C=C1CCC(=C)C1=C(C)C. The molecule has 0 aromatic rings. The Bertz CT molecular complexity index is 194. The van der Waals surface area contributed by atoms with Gasteiger partial charge in [-0.1, -0.05) is 18.7 Å². The van der Waals surface area contributed by atoms with E-state index in [1.807, 2.05) is 0 Å². The summed E-state index contributed by atoms with van der Waals surface area (Å²) >= 11 is 0. The van der Waals surface area contributed by atoms with Gasteiger partial charge in [0, 0.05) is 0 Å². The Balaban J connectivity index is 3.05. The Kier molecular flexibility index (Phi) is 1.80. The third-order valence-electron chi connectivity index (χ3n) is 1.94. The molecule has 0 saturated heterocycles. The molecule has 1 aliphatic carbocycles. The zero-order valence-electron chi connectivity index (χ0n) is 6.83. The average Bonchev–Trinajstić information content (AvgIpc) is 2.11. The molecule has 0 bridgehead atoms. The predicted molar refractivity (Wildman–Crippen MR) is 45.9 cm³/mol. The first-order chi connectivity index (χ1) is 4.63. The van der Waals surface area contributed by atoms with Gasteiger partial charge in [-0.05, 0) is 43.4 Å². The van der Waals surface area contributed by atoms with E-state index in [-0.39, 0.29) is 0 Å². The summed E-state index contributed by atoms with van der Waals surface area (Å²) in [6.45, 7) is 12.2. The summed E-state index contributed by atoms with van der Waals surface area (Å²) in [6, 6.07) is 0. The summed E-state index contributed by atoms with van der Waals surface area (Å²) in [5.41, 5.74) is 5.22. The maximum Gasteiger partial charge on any atom is -0.0218 e. The minimum absolute atomic E-state index is 1.11. The van der Waals surface area contributed by atoms with Crippen molar-refractivity contribution in [1.29, 1.82) is 0 Å². The molecule has 0 unspecified atom stereocenters. The Morgan fingerprint density at radius 3 is 1.70 bits per heavy atom. The van der Waals surface area contributed by atoms with Gasteiger partial charge in [0.2, 0.25) is 0 Å². The molecule has 54 valence electrons. The van der Waals surface area contributed by atoms with Crippen molar-refractivity contribution in [2.24, 2.45) is 0 Å². The van der Waals surface area contributed by atoms with Gasteiger partial charge in [-0.25, -0.2) is 0 Å². The van der Waals surface area contributed by atoms with Gasteiger partial charge in [-0.3, -0.25) is 0 Å². The molecule has 1 saturated carbocycles. The zero-order chi connectivity index (χ0) is 7.72. The van der Waals surface area contributed by atoms with Gasteiger partial charge in [0.05, 0.1) is 0 Å². The first-order valence-corrected chi connectivity index (χ1v) is 3.66. The smallest absolute Gasteiger partial charge is 0.0218 e. The van der Waals surface area contributed by atoms with Gasteiger partial charge in [-0.2, -0.15) is 0 Å². The fourth-order valence-electron chi connectivity index (χ4n) is 1.51. The second-order valence-electron chi connectivity index (χ2n) is 3.08. The van der Waals surface area contributed by atoms with E-state index in [0.717, 1.165) is 12.8 Å². The van der Waals surface area contributed by atoms with Crippen LogP contribution in [0.3, 0.4) is 0 Å². The van der Waals surface area contributed by atoms with Gasteiger partial charge in [0.1, 0.15) is 0 Å². The maximum atomic E-state index is 3.99. The van der Waals surface area contributed by atoms with Crippen LogP contribution in [-0.4, -0.2) is 0 Å². The second-order valence-corrected chi connectivity index (χ2v) is 3.08. The van der Waals surface area contributed by atoms with Crippen molar-refractivity contribution in [3.8, 4) is 0 Å². The molecule has 1 fully saturated rings. The van der Waals surface area contributed by atoms with Gasteiger partial charge in [0.25, 0.3) is 0 Å². The van der Waals surface area contributed by atoms with Crippen LogP contribution in [0.1, 0.15) is 26.7 Å². The summed E-state index contributed by atoms with van der Waals surface area (Å²) in [6.07, 6.45) is 2.22. The average molecular weight is 134 g/mol. The Labute approximate surface area is 62.9 Å². The van der Waals surface area contributed by atoms with Crippen molar-refractivity contribution in [2.75, 3.05) is 0 Å². The van der Waals surface area contributed by atoms with Crippen LogP contribution in [-0.2, 0) is 0 Å². The zero-order valence-corrected chi connectivity index (χ0v) is 6.83. The van der Waals surface area contributed by atoms with Gasteiger partial charge >= 0.3 is 0 Å².